The van der Waals surface area contributed by atoms with E-state index in [9.17, 15) is 0 Å². The average Bonchev–Trinajstić information content (AvgIpc) is 2.42. The first-order chi connectivity index (χ1) is 8.71. The van der Waals surface area contributed by atoms with Gasteiger partial charge in [0.05, 0.1) is 0 Å². The first-order valence-electron chi connectivity index (χ1n) is 7.21. The van der Waals surface area contributed by atoms with Crippen LogP contribution in [0.1, 0.15) is 58.6 Å². The van der Waals surface area contributed by atoms with Crippen molar-refractivity contribution in [1.29, 1.82) is 0 Å². The van der Waals surface area contributed by atoms with Crippen molar-refractivity contribution < 1.29 is 0 Å². The van der Waals surface area contributed by atoms with Crippen LogP contribution in [0, 0.1) is 0 Å². The van der Waals surface area contributed by atoms with Crippen LogP contribution in [0.5, 0.6) is 0 Å². The van der Waals surface area contributed by atoms with Crippen molar-refractivity contribution in [3.63, 3.8) is 0 Å². The molecule has 0 saturated carbocycles. The summed E-state index contributed by atoms with van der Waals surface area (Å²) in [4.78, 5) is 1.40. The molecule has 102 valence electrons. The van der Waals surface area contributed by atoms with E-state index in [4.69, 9.17) is 0 Å². The summed E-state index contributed by atoms with van der Waals surface area (Å²) in [5.41, 5.74) is 1.39. The van der Waals surface area contributed by atoms with E-state index in [2.05, 4.69) is 57.3 Å². The lowest BCUT2D eigenvalue weighted by Gasteiger charge is -2.15. The Morgan fingerprint density at radius 2 is 1.67 bits per heavy atom. The van der Waals surface area contributed by atoms with Gasteiger partial charge in [-0.3, -0.25) is 0 Å². The highest BCUT2D eigenvalue weighted by Crippen LogP contribution is 2.28. The summed E-state index contributed by atoms with van der Waals surface area (Å²) in [6.07, 6.45) is 3.68. The van der Waals surface area contributed by atoms with E-state index < -0.39 is 0 Å². The largest absolute Gasteiger partial charge is 0.310 e. The standard InChI is InChI=1S/C16H27NS/c1-5-12-17-13(4)14-8-10-16(11-9-14)18-15(6-2)7-3/h8-11,13,15,17H,5-7,12H2,1-4H3. The summed E-state index contributed by atoms with van der Waals surface area (Å²) in [5, 5.41) is 4.28. The van der Waals surface area contributed by atoms with Crippen molar-refractivity contribution in [2.24, 2.45) is 0 Å². The highest BCUT2D eigenvalue weighted by atomic mass is 32.2. The van der Waals surface area contributed by atoms with Gasteiger partial charge in [0, 0.05) is 16.2 Å². The minimum Gasteiger partial charge on any atom is -0.310 e. The molecule has 0 amide bonds. The molecule has 0 radical (unpaired) electrons. The van der Waals surface area contributed by atoms with E-state index in [0.717, 1.165) is 11.8 Å². The second-order valence-electron chi connectivity index (χ2n) is 4.80. The Morgan fingerprint density at radius 3 is 2.17 bits per heavy atom. The van der Waals surface area contributed by atoms with Crippen LogP contribution in [0.2, 0.25) is 0 Å². The van der Waals surface area contributed by atoms with Crippen LogP contribution >= 0.6 is 11.8 Å². The lowest BCUT2D eigenvalue weighted by Crippen LogP contribution is -2.19. The van der Waals surface area contributed by atoms with Gasteiger partial charge in [-0.15, -0.1) is 11.8 Å². The van der Waals surface area contributed by atoms with E-state index in [1.165, 1.54) is 29.7 Å². The minimum atomic E-state index is 0.456. The molecule has 0 bridgehead atoms. The van der Waals surface area contributed by atoms with Crippen molar-refractivity contribution in [3.8, 4) is 0 Å². The number of hydrogen-bond acceptors (Lipinski definition) is 2. The number of benzene rings is 1. The van der Waals surface area contributed by atoms with E-state index in [0.29, 0.717) is 6.04 Å². The van der Waals surface area contributed by atoms with Gasteiger partial charge >= 0.3 is 0 Å². The number of hydrogen-bond donors (Lipinski definition) is 1. The number of rotatable bonds is 8. The SMILES string of the molecule is CCCNC(C)c1ccc(SC(CC)CC)cc1. The van der Waals surface area contributed by atoms with Crippen LogP contribution in [0.4, 0.5) is 0 Å². The van der Waals surface area contributed by atoms with Gasteiger partial charge in [-0.05, 0) is 50.4 Å². The highest BCUT2D eigenvalue weighted by molar-refractivity contribution is 8.00. The van der Waals surface area contributed by atoms with E-state index in [1.807, 2.05) is 11.8 Å². The van der Waals surface area contributed by atoms with Gasteiger partial charge in [-0.1, -0.05) is 32.9 Å². The van der Waals surface area contributed by atoms with Crippen molar-refractivity contribution in [2.45, 2.75) is 63.1 Å². The zero-order valence-electron chi connectivity index (χ0n) is 12.2. The third kappa shape index (κ3) is 5.03. The van der Waals surface area contributed by atoms with Gasteiger partial charge in [0.25, 0.3) is 0 Å². The zero-order chi connectivity index (χ0) is 13.4. The smallest absolute Gasteiger partial charge is 0.0291 e. The Hall–Kier alpha value is -0.470. The Balaban J connectivity index is 2.56. The van der Waals surface area contributed by atoms with Crippen LogP contribution in [0.3, 0.4) is 0 Å². The summed E-state index contributed by atoms with van der Waals surface area (Å²) in [7, 11) is 0. The molecule has 1 atom stereocenters. The fourth-order valence-corrected chi connectivity index (χ4v) is 2.97. The normalized spacial score (nSPS) is 12.9. The Bertz CT molecular complexity index is 316. The Labute approximate surface area is 117 Å². The van der Waals surface area contributed by atoms with E-state index >= 15 is 0 Å². The lowest BCUT2D eigenvalue weighted by atomic mass is 10.1. The first-order valence-corrected chi connectivity index (χ1v) is 8.09. The predicted molar refractivity (Wildman–Crippen MR) is 83.4 cm³/mol. The van der Waals surface area contributed by atoms with Gasteiger partial charge in [-0.25, -0.2) is 0 Å². The van der Waals surface area contributed by atoms with Crippen molar-refractivity contribution >= 4 is 11.8 Å². The maximum Gasteiger partial charge on any atom is 0.0291 e. The molecular weight excluding hydrogens is 238 g/mol. The predicted octanol–water partition coefficient (Wildman–Crippen LogP) is 5.03. The topological polar surface area (TPSA) is 12.0 Å². The summed E-state index contributed by atoms with van der Waals surface area (Å²) in [6.45, 7) is 10.1. The highest BCUT2D eigenvalue weighted by Gasteiger charge is 2.07. The summed E-state index contributed by atoms with van der Waals surface area (Å²) in [5.74, 6) is 0. The van der Waals surface area contributed by atoms with Crippen LogP contribution in [0.25, 0.3) is 0 Å². The van der Waals surface area contributed by atoms with Gasteiger partial charge in [0.2, 0.25) is 0 Å². The fraction of sp³-hybridized carbons (Fsp3) is 0.625. The van der Waals surface area contributed by atoms with Crippen LogP contribution in [0.15, 0.2) is 29.2 Å². The zero-order valence-corrected chi connectivity index (χ0v) is 13.0. The minimum absolute atomic E-state index is 0.456. The molecule has 1 aromatic carbocycles. The molecule has 1 aromatic rings. The molecule has 0 saturated heterocycles. The number of thioether (sulfide) groups is 1. The van der Waals surface area contributed by atoms with Gasteiger partial charge in [-0.2, -0.15) is 0 Å². The molecular formula is C16H27NS. The number of nitrogens with one attached hydrogen (secondary N) is 1. The van der Waals surface area contributed by atoms with Gasteiger partial charge in [0.1, 0.15) is 0 Å². The molecule has 0 fully saturated rings. The quantitative estimate of drug-likeness (QED) is 0.662. The summed E-state index contributed by atoms with van der Waals surface area (Å²) >= 11 is 2.01. The van der Waals surface area contributed by atoms with Gasteiger partial charge in [0.15, 0.2) is 0 Å². The molecule has 2 heteroatoms. The molecule has 1 rings (SSSR count). The molecule has 0 aliphatic carbocycles. The maximum absolute atomic E-state index is 3.52. The third-order valence-electron chi connectivity index (χ3n) is 3.29. The molecule has 1 unspecified atom stereocenters. The van der Waals surface area contributed by atoms with Crippen LogP contribution in [-0.4, -0.2) is 11.8 Å². The van der Waals surface area contributed by atoms with Crippen molar-refractivity contribution in [1.82, 2.24) is 5.32 Å². The van der Waals surface area contributed by atoms with Crippen LogP contribution in [-0.2, 0) is 0 Å². The van der Waals surface area contributed by atoms with Gasteiger partial charge < -0.3 is 5.32 Å². The lowest BCUT2D eigenvalue weighted by molar-refractivity contribution is 0.570. The Morgan fingerprint density at radius 1 is 1.06 bits per heavy atom. The maximum atomic E-state index is 3.52. The van der Waals surface area contributed by atoms with Crippen molar-refractivity contribution in [3.05, 3.63) is 29.8 Å². The van der Waals surface area contributed by atoms with Crippen LogP contribution < -0.4 is 5.32 Å². The molecule has 0 aliphatic rings. The molecule has 1 N–H and O–H groups in total. The second-order valence-corrected chi connectivity index (χ2v) is 6.17. The molecule has 0 spiro atoms. The first kappa shape index (κ1) is 15.6. The summed E-state index contributed by atoms with van der Waals surface area (Å²) in [6, 6.07) is 9.51. The van der Waals surface area contributed by atoms with E-state index in [1.54, 1.807) is 0 Å². The fourth-order valence-electron chi connectivity index (χ4n) is 1.96. The molecule has 0 heterocycles. The van der Waals surface area contributed by atoms with Crippen molar-refractivity contribution in [2.75, 3.05) is 6.54 Å². The second kappa shape index (κ2) is 8.60. The third-order valence-corrected chi connectivity index (χ3v) is 4.84. The van der Waals surface area contributed by atoms with E-state index in [-0.39, 0.29) is 0 Å². The summed E-state index contributed by atoms with van der Waals surface area (Å²) < 4.78 is 0. The molecule has 0 aliphatic heterocycles. The molecule has 1 nitrogen and oxygen atoms in total. The Kier molecular flexibility index (Phi) is 7.45. The monoisotopic (exact) mass is 265 g/mol. The molecule has 18 heavy (non-hydrogen) atoms. The average molecular weight is 265 g/mol. The molecule has 0 aromatic heterocycles.